The predicted molar refractivity (Wildman–Crippen MR) is 81.4 cm³/mol. The maximum atomic E-state index is 9.06. The standard InChI is InChI=1S/C15H21BrN2O/c1-14(2,10-18-15(3,4)9-17)12-8-11(16)6-7-13(12)19-5/h6-8,18H,10H2,1-5H3. The van der Waals surface area contributed by atoms with E-state index in [9.17, 15) is 0 Å². The number of nitrogens with one attached hydrogen (secondary N) is 1. The zero-order valence-electron chi connectivity index (χ0n) is 12.2. The SMILES string of the molecule is COc1ccc(Br)cc1C(C)(C)CNC(C)(C)C#N. The van der Waals surface area contributed by atoms with Crippen molar-refractivity contribution in [2.45, 2.75) is 38.6 Å². The second-order valence-electron chi connectivity index (χ2n) is 5.82. The van der Waals surface area contributed by atoms with Crippen LogP contribution in [-0.2, 0) is 5.41 Å². The first-order valence-corrected chi connectivity index (χ1v) is 7.01. The molecule has 0 atom stereocenters. The second kappa shape index (κ2) is 5.94. The minimum atomic E-state index is -0.531. The Hall–Kier alpha value is -1.05. The second-order valence-corrected chi connectivity index (χ2v) is 6.73. The Bertz CT molecular complexity index is 489. The Morgan fingerprint density at radius 1 is 1.32 bits per heavy atom. The van der Waals surface area contributed by atoms with Crippen LogP contribution >= 0.6 is 15.9 Å². The highest BCUT2D eigenvalue weighted by molar-refractivity contribution is 9.10. The van der Waals surface area contributed by atoms with Gasteiger partial charge in [0.05, 0.1) is 13.2 Å². The molecule has 0 saturated heterocycles. The van der Waals surface area contributed by atoms with Gasteiger partial charge in [0.25, 0.3) is 0 Å². The van der Waals surface area contributed by atoms with E-state index in [0.29, 0.717) is 6.54 Å². The molecule has 0 aliphatic carbocycles. The molecule has 0 saturated carbocycles. The van der Waals surface area contributed by atoms with E-state index in [-0.39, 0.29) is 5.41 Å². The van der Waals surface area contributed by atoms with Gasteiger partial charge in [0.1, 0.15) is 11.3 Å². The molecule has 104 valence electrons. The van der Waals surface area contributed by atoms with Crippen molar-refractivity contribution in [2.75, 3.05) is 13.7 Å². The summed E-state index contributed by atoms with van der Waals surface area (Å²) in [5, 5.41) is 12.3. The summed E-state index contributed by atoms with van der Waals surface area (Å²) >= 11 is 3.49. The molecular formula is C15H21BrN2O. The van der Waals surface area contributed by atoms with Gasteiger partial charge in [0, 0.05) is 22.0 Å². The number of nitriles is 1. The van der Waals surface area contributed by atoms with Gasteiger partial charge in [-0.15, -0.1) is 0 Å². The highest BCUT2D eigenvalue weighted by Crippen LogP contribution is 2.33. The summed E-state index contributed by atoms with van der Waals surface area (Å²) in [4.78, 5) is 0. The van der Waals surface area contributed by atoms with Crippen molar-refractivity contribution in [3.8, 4) is 11.8 Å². The van der Waals surface area contributed by atoms with Gasteiger partial charge < -0.3 is 4.74 Å². The molecule has 1 N–H and O–H groups in total. The van der Waals surface area contributed by atoms with Crippen LogP contribution in [0.25, 0.3) is 0 Å². The minimum absolute atomic E-state index is 0.136. The van der Waals surface area contributed by atoms with Crippen molar-refractivity contribution in [1.82, 2.24) is 5.32 Å². The first-order valence-electron chi connectivity index (χ1n) is 6.22. The van der Waals surface area contributed by atoms with Gasteiger partial charge in [-0.1, -0.05) is 29.8 Å². The molecule has 0 unspecified atom stereocenters. The van der Waals surface area contributed by atoms with Crippen LogP contribution < -0.4 is 10.1 Å². The number of rotatable bonds is 5. The van der Waals surface area contributed by atoms with Crippen molar-refractivity contribution >= 4 is 15.9 Å². The van der Waals surface area contributed by atoms with Crippen molar-refractivity contribution in [1.29, 1.82) is 5.26 Å². The summed E-state index contributed by atoms with van der Waals surface area (Å²) in [7, 11) is 1.68. The van der Waals surface area contributed by atoms with Crippen LogP contribution in [0.3, 0.4) is 0 Å². The molecule has 0 heterocycles. The fourth-order valence-corrected chi connectivity index (χ4v) is 2.15. The van der Waals surface area contributed by atoms with E-state index in [1.165, 1.54) is 0 Å². The Morgan fingerprint density at radius 2 is 1.95 bits per heavy atom. The van der Waals surface area contributed by atoms with Crippen molar-refractivity contribution in [2.24, 2.45) is 0 Å². The third kappa shape index (κ3) is 4.22. The van der Waals surface area contributed by atoms with Gasteiger partial charge in [0.15, 0.2) is 0 Å². The topological polar surface area (TPSA) is 45.0 Å². The number of methoxy groups -OCH3 is 1. The molecule has 0 aromatic heterocycles. The van der Waals surface area contributed by atoms with Crippen LogP contribution in [0.5, 0.6) is 5.75 Å². The maximum Gasteiger partial charge on any atom is 0.122 e. The summed E-state index contributed by atoms with van der Waals surface area (Å²) in [6, 6.07) is 8.24. The fraction of sp³-hybridized carbons (Fsp3) is 0.533. The number of hydrogen-bond acceptors (Lipinski definition) is 3. The molecule has 0 amide bonds. The lowest BCUT2D eigenvalue weighted by molar-refractivity contribution is 0.366. The number of benzene rings is 1. The average molecular weight is 325 g/mol. The molecule has 0 aliphatic heterocycles. The van der Waals surface area contributed by atoms with Crippen LogP contribution in [0.1, 0.15) is 33.3 Å². The largest absolute Gasteiger partial charge is 0.496 e. The quantitative estimate of drug-likeness (QED) is 0.899. The van der Waals surface area contributed by atoms with Crippen LogP contribution in [-0.4, -0.2) is 19.2 Å². The van der Waals surface area contributed by atoms with Gasteiger partial charge in [-0.05, 0) is 32.0 Å². The molecule has 0 radical (unpaired) electrons. The Morgan fingerprint density at radius 3 is 2.47 bits per heavy atom. The van der Waals surface area contributed by atoms with E-state index in [4.69, 9.17) is 10.00 Å². The first-order chi connectivity index (χ1) is 8.72. The summed E-state index contributed by atoms with van der Waals surface area (Å²) in [5.41, 5.74) is 0.449. The minimum Gasteiger partial charge on any atom is -0.496 e. The zero-order chi connectivity index (χ0) is 14.7. The maximum absolute atomic E-state index is 9.06. The van der Waals surface area contributed by atoms with Gasteiger partial charge in [-0.2, -0.15) is 5.26 Å². The molecule has 3 nitrogen and oxygen atoms in total. The third-order valence-electron chi connectivity index (χ3n) is 3.14. The van der Waals surface area contributed by atoms with E-state index in [1.54, 1.807) is 7.11 Å². The van der Waals surface area contributed by atoms with E-state index in [1.807, 2.05) is 26.0 Å². The van der Waals surface area contributed by atoms with E-state index in [2.05, 4.69) is 47.2 Å². The highest BCUT2D eigenvalue weighted by atomic mass is 79.9. The van der Waals surface area contributed by atoms with Crippen LogP contribution in [0, 0.1) is 11.3 Å². The van der Waals surface area contributed by atoms with E-state index < -0.39 is 5.54 Å². The van der Waals surface area contributed by atoms with Crippen molar-refractivity contribution in [3.05, 3.63) is 28.2 Å². The number of nitrogens with zero attached hydrogens (tertiary/aromatic N) is 1. The number of ether oxygens (including phenoxy) is 1. The molecule has 0 fully saturated rings. The number of hydrogen-bond donors (Lipinski definition) is 1. The van der Waals surface area contributed by atoms with Crippen LogP contribution in [0.4, 0.5) is 0 Å². The molecule has 0 bridgehead atoms. The molecule has 19 heavy (non-hydrogen) atoms. The van der Waals surface area contributed by atoms with Gasteiger partial charge in [-0.25, -0.2) is 0 Å². The molecule has 0 spiro atoms. The molecule has 1 rings (SSSR count). The molecule has 1 aromatic rings. The van der Waals surface area contributed by atoms with Gasteiger partial charge in [-0.3, -0.25) is 5.32 Å². The van der Waals surface area contributed by atoms with Crippen molar-refractivity contribution in [3.63, 3.8) is 0 Å². The first kappa shape index (κ1) is 16.0. The summed E-state index contributed by atoms with van der Waals surface area (Å²) in [6.07, 6.45) is 0. The van der Waals surface area contributed by atoms with Gasteiger partial charge in [0.2, 0.25) is 0 Å². The van der Waals surface area contributed by atoms with E-state index in [0.717, 1.165) is 15.8 Å². The zero-order valence-corrected chi connectivity index (χ0v) is 13.8. The monoisotopic (exact) mass is 324 g/mol. The Labute approximate surface area is 124 Å². The normalized spacial score (nSPS) is 12.1. The lowest BCUT2D eigenvalue weighted by Gasteiger charge is -2.31. The van der Waals surface area contributed by atoms with Crippen LogP contribution in [0.2, 0.25) is 0 Å². The molecule has 4 heteroatoms. The number of halogens is 1. The smallest absolute Gasteiger partial charge is 0.122 e. The summed E-state index contributed by atoms with van der Waals surface area (Å²) < 4.78 is 6.46. The predicted octanol–water partition coefficient (Wildman–Crippen LogP) is 3.63. The highest BCUT2D eigenvalue weighted by Gasteiger charge is 2.27. The molecule has 0 aliphatic rings. The Kier molecular flexibility index (Phi) is 5.00. The molecular weight excluding hydrogens is 304 g/mol. The molecule has 1 aromatic carbocycles. The van der Waals surface area contributed by atoms with Crippen LogP contribution in [0.15, 0.2) is 22.7 Å². The average Bonchev–Trinajstić information content (AvgIpc) is 2.37. The van der Waals surface area contributed by atoms with Gasteiger partial charge >= 0.3 is 0 Å². The summed E-state index contributed by atoms with van der Waals surface area (Å²) in [5.74, 6) is 0.866. The lowest BCUT2D eigenvalue weighted by Crippen LogP contribution is -2.44. The summed E-state index contributed by atoms with van der Waals surface area (Å²) in [6.45, 7) is 8.72. The van der Waals surface area contributed by atoms with Crippen molar-refractivity contribution < 1.29 is 4.74 Å². The Balaban J connectivity index is 3.00. The van der Waals surface area contributed by atoms with E-state index >= 15 is 0 Å². The lowest BCUT2D eigenvalue weighted by atomic mass is 9.83. The fourth-order valence-electron chi connectivity index (χ4n) is 1.79. The third-order valence-corrected chi connectivity index (χ3v) is 3.64.